The second-order valence-electron chi connectivity index (χ2n) is 9.23. The molecule has 0 bridgehead atoms. The van der Waals surface area contributed by atoms with Crippen LogP contribution in [0.1, 0.15) is 65.6 Å². The molecular weight excluding hydrogens is 412 g/mol. The predicted molar refractivity (Wildman–Crippen MR) is 126 cm³/mol. The van der Waals surface area contributed by atoms with Gasteiger partial charge in [0.05, 0.1) is 12.2 Å². The molecule has 1 aliphatic heterocycles. The zero-order chi connectivity index (χ0) is 22.9. The lowest BCUT2D eigenvalue weighted by Crippen LogP contribution is -2.39. The van der Waals surface area contributed by atoms with E-state index in [1.165, 1.54) is 0 Å². The van der Waals surface area contributed by atoms with Gasteiger partial charge in [-0.25, -0.2) is 15.0 Å². The summed E-state index contributed by atoms with van der Waals surface area (Å²) < 4.78 is 0. The normalized spacial score (nSPS) is 17.5. The minimum atomic E-state index is -0.0276. The topological polar surface area (TPSA) is 82.5 Å². The minimum Gasteiger partial charge on any atom is -0.368 e. The van der Waals surface area contributed by atoms with Crippen LogP contribution in [0.5, 0.6) is 0 Å². The van der Waals surface area contributed by atoms with Crippen LogP contribution in [0.25, 0.3) is 0 Å². The maximum atomic E-state index is 13.6. The highest BCUT2D eigenvalue weighted by atomic mass is 35.5. The molecule has 0 radical (unpaired) electrons. The molecule has 1 fully saturated rings. The van der Waals surface area contributed by atoms with Gasteiger partial charge in [-0.1, -0.05) is 5.57 Å². The maximum Gasteiger partial charge on any atom is 0.254 e. The summed E-state index contributed by atoms with van der Waals surface area (Å²) in [5.74, 6) is 1.41. The monoisotopic (exact) mass is 444 g/mol. The van der Waals surface area contributed by atoms with E-state index < -0.39 is 0 Å². The van der Waals surface area contributed by atoms with Crippen LogP contribution >= 0.6 is 11.6 Å². The number of fused-ring (bicyclic) bond motifs is 1. The molecule has 1 amide bonds. The molecule has 0 atom stereocenters. The summed E-state index contributed by atoms with van der Waals surface area (Å²) in [7, 11) is 0. The number of hydrogen-bond acceptors (Lipinski definition) is 6. The molecule has 2 aliphatic rings. The van der Waals surface area contributed by atoms with Gasteiger partial charge in [0.15, 0.2) is 0 Å². The van der Waals surface area contributed by atoms with E-state index in [1.807, 2.05) is 25.7 Å². The van der Waals surface area contributed by atoms with Crippen LogP contribution in [0.3, 0.4) is 0 Å². The van der Waals surface area contributed by atoms with Crippen molar-refractivity contribution < 1.29 is 4.79 Å². The predicted octanol–water partition coefficient (Wildman–Crippen LogP) is 4.25. The number of nitrogens with one attached hydrogen (secondary N) is 2. The lowest BCUT2D eigenvalue weighted by Gasteiger charge is -2.31. The van der Waals surface area contributed by atoms with Crippen LogP contribution in [0, 0.1) is 0 Å². The number of allylic oxidation sites excluding steroid dienone is 1. The fraction of sp³-hybridized carbons (Fsp3) is 0.565. The van der Waals surface area contributed by atoms with Crippen LogP contribution in [-0.2, 0) is 17.8 Å². The number of aliphatic imine (C=N–C) groups is 1. The third-order valence-electron chi connectivity index (χ3n) is 5.77. The first-order valence-corrected chi connectivity index (χ1v) is 11.2. The first-order chi connectivity index (χ1) is 14.5. The van der Waals surface area contributed by atoms with Crippen molar-refractivity contribution in [3.8, 4) is 0 Å². The van der Waals surface area contributed by atoms with E-state index in [4.69, 9.17) is 11.6 Å². The zero-order valence-corrected chi connectivity index (χ0v) is 20.2. The van der Waals surface area contributed by atoms with E-state index in [-0.39, 0.29) is 22.8 Å². The van der Waals surface area contributed by atoms with Gasteiger partial charge in [0, 0.05) is 34.8 Å². The Morgan fingerprint density at radius 1 is 1.26 bits per heavy atom. The van der Waals surface area contributed by atoms with Gasteiger partial charge >= 0.3 is 0 Å². The molecule has 7 nitrogen and oxygen atoms in total. The van der Waals surface area contributed by atoms with Gasteiger partial charge in [0.1, 0.15) is 11.6 Å². The van der Waals surface area contributed by atoms with E-state index in [1.54, 1.807) is 0 Å². The van der Waals surface area contributed by atoms with Crippen LogP contribution in [0.15, 0.2) is 27.5 Å². The lowest BCUT2D eigenvalue weighted by molar-refractivity contribution is -0.127. The summed E-state index contributed by atoms with van der Waals surface area (Å²) in [4.78, 5) is 28.4. The fourth-order valence-electron chi connectivity index (χ4n) is 3.84. The van der Waals surface area contributed by atoms with Crippen LogP contribution in [0.4, 0.5) is 5.82 Å². The summed E-state index contributed by atoms with van der Waals surface area (Å²) in [6.07, 6.45) is 2.86. The molecule has 0 saturated heterocycles. The smallest absolute Gasteiger partial charge is 0.254 e. The Hall–Kier alpha value is -2.41. The molecule has 0 spiro atoms. The molecule has 1 aromatic rings. The van der Waals surface area contributed by atoms with Gasteiger partial charge < -0.3 is 15.5 Å². The highest BCUT2D eigenvalue weighted by Crippen LogP contribution is 2.36. The summed E-state index contributed by atoms with van der Waals surface area (Å²) in [6.45, 7) is 16.8. The second-order valence-corrected chi connectivity index (χ2v) is 9.57. The first-order valence-electron chi connectivity index (χ1n) is 10.8. The molecule has 1 aromatic heterocycles. The second kappa shape index (κ2) is 8.99. The van der Waals surface area contributed by atoms with Crippen molar-refractivity contribution in [1.29, 1.82) is 0 Å². The van der Waals surface area contributed by atoms with Crippen molar-refractivity contribution in [2.24, 2.45) is 4.99 Å². The molecule has 31 heavy (non-hydrogen) atoms. The van der Waals surface area contributed by atoms with Crippen molar-refractivity contribution in [2.45, 2.75) is 78.9 Å². The molecule has 2 heterocycles. The molecule has 0 aromatic carbocycles. The van der Waals surface area contributed by atoms with Crippen molar-refractivity contribution in [1.82, 2.24) is 20.2 Å². The van der Waals surface area contributed by atoms with Gasteiger partial charge in [0.2, 0.25) is 5.28 Å². The number of halogens is 1. The maximum absolute atomic E-state index is 13.6. The molecule has 0 unspecified atom stereocenters. The van der Waals surface area contributed by atoms with E-state index in [0.717, 1.165) is 41.1 Å². The van der Waals surface area contributed by atoms with E-state index in [9.17, 15) is 4.79 Å². The number of hydrogen-bond donors (Lipinski definition) is 2. The average molecular weight is 445 g/mol. The summed E-state index contributed by atoms with van der Waals surface area (Å²) in [6, 6.07) is 0.227. The molecule has 2 N–H and O–H groups in total. The van der Waals surface area contributed by atoms with Crippen LogP contribution in [-0.4, -0.2) is 45.6 Å². The Balaban J connectivity index is 1.89. The quantitative estimate of drug-likeness (QED) is 0.284. The zero-order valence-electron chi connectivity index (χ0n) is 19.4. The first kappa shape index (κ1) is 23.3. The molecule has 1 saturated carbocycles. The van der Waals surface area contributed by atoms with Crippen molar-refractivity contribution in [3.63, 3.8) is 0 Å². The van der Waals surface area contributed by atoms with E-state index in [2.05, 4.69) is 53.1 Å². The van der Waals surface area contributed by atoms with Gasteiger partial charge in [-0.2, -0.15) is 0 Å². The van der Waals surface area contributed by atoms with E-state index >= 15 is 0 Å². The number of carbonyl (C=O) groups excluding carboxylic acids is 1. The Bertz CT molecular complexity index is 957. The lowest BCUT2D eigenvalue weighted by atomic mass is 9.98. The summed E-state index contributed by atoms with van der Waals surface area (Å²) in [5, 5.41) is 6.99. The SMILES string of the molecule is C=N/C(NC1(C)CC1)=C(\C)C(C(=O)N1CCc2c(nc(Cl)nc2NC(C)C)C1)=C(C)C. The number of rotatable bonds is 7. The molecule has 3 rings (SSSR count). The highest BCUT2D eigenvalue weighted by molar-refractivity contribution is 6.28. The highest BCUT2D eigenvalue weighted by Gasteiger charge is 2.38. The van der Waals surface area contributed by atoms with Crippen LogP contribution < -0.4 is 10.6 Å². The third-order valence-corrected chi connectivity index (χ3v) is 5.94. The van der Waals surface area contributed by atoms with Crippen molar-refractivity contribution in [3.05, 3.63) is 39.1 Å². The molecule has 1 aliphatic carbocycles. The van der Waals surface area contributed by atoms with Gasteiger partial charge in [-0.3, -0.25) is 4.79 Å². The Kier molecular flexibility index (Phi) is 6.74. The van der Waals surface area contributed by atoms with Crippen LogP contribution in [0.2, 0.25) is 5.28 Å². The minimum absolute atomic E-state index is 0.0276. The Morgan fingerprint density at radius 2 is 1.94 bits per heavy atom. The molecular formula is C23H33ClN6O. The number of nitrogens with zero attached hydrogens (tertiary/aromatic N) is 4. The molecule has 8 heteroatoms. The number of anilines is 1. The van der Waals surface area contributed by atoms with Gasteiger partial charge in [0.25, 0.3) is 5.91 Å². The van der Waals surface area contributed by atoms with E-state index in [0.29, 0.717) is 30.9 Å². The largest absolute Gasteiger partial charge is 0.368 e. The average Bonchev–Trinajstić information content (AvgIpc) is 3.41. The number of aromatic nitrogens is 2. The third kappa shape index (κ3) is 5.26. The summed E-state index contributed by atoms with van der Waals surface area (Å²) in [5.41, 5.74) is 4.31. The Labute approximate surface area is 190 Å². The fourth-order valence-corrected chi connectivity index (χ4v) is 4.03. The molecule has 168 valence electrons. The van der Waals surface area contributed by atoms with Crippen molar-refractivity contribution in [2.75, 3.05) is 11.9 Å². The Morgan fingerprint density at radius 3 is 2.48 bits per heavy atom. The number of carbonyl (C=O) groups is 1. The van der Waals surface area contributed by atoms with Gasteiger partial charge in [-0.15, -0.1) is 0 Å². The standard InChI is InChI=1S/C23H33ClN6O/c1-13(2)18(15(5)19(25-7)29-23(6)9-10-23)21(31)30-11-8-16-17(12-30)27-22(24)28-20(16)26-14(3)4/h14,29H,7-12H2,1-6H3,(H,26,27,28)/b19-15-. The van der Waals surface area contributed by atoms with Gasteiger partial charge in [-0.05, 0) is 79.1 Å². The summed E-state index contributed by atoms with van der Waals surface area (Å²) >= 11 is 6.17. The van der Waals surface area contributed by atoms with Crippen molar-refractivity contribution >= 4 is 30.0 Å². The number of amides is 1.